The van der Waals surface area contributed by atoms with E-state index in [-0.39, 0.29) is 30.8 Å². The molecular formula is C26H29N3O5. The van der Waals surface area contributed by atoms with Crippen molar-refractivity contribution in [2.75, 3.05) is 6.54 Å². The summed E-state index contributed by atoms with van der Waals surface area (Å²) in [5.41, 5.74) is 1.74. The Morgan fingerprint density at radius 3 is 2.35 bits per heavy atom. The molecular weight excluding hydrogens is 434 g/mol. The van der Waals surface area contributed by atoms with E-state index in [0.29, 0.717) is 11.3 Å². The molecule has 0 spiro atoms. The highest BCUT2D eigenvalue weighted by Crippen LogP contribution is 2.26. The second kappa shape index (κ2) is 10.9. The van der Waals surface area contributed by atoms with Crippen LogP contribution in [0.15, 0.2) is 69.9 Å². The molecule has 1 aliphatic rings. The molecule has 2 heterocycles. The second-order valence-electron chi connectivity index (χ2n) is 8.56. The van der Waals surface area contributed by atoms with Crippen LogP contribution in [0.25, 0.3) is 0 Å². The minimum atomic E-state index is -0.876. The Balaban J connectivity index is 1.60. The van der Waals surface area contributed by atoms with Gasteiger partial charge in [0.2, 0.25) is 11.8 Å². The first kappa shape index (κ1) is 23.4. The molecule has 1 fully saturated rings. The van der Waals surface area contributed by atoms with Crippen molar-refractivity contribution in [3.63, 3.8) is 0 Å². The van der Waals surface area contributed by atoms with E-state index >= 15 is 0 Å². The van der Waals surface area contributed by atoms with Gasteiger partial charge in [0.25, 0.3) is 5.91 Å². The molecule has 1 atom stereocenters. The van der Waals surface area contributed by atoms with Crippen molar-refractivity contribution < 1.29 is 23.2 Å². The Morgan fingerprint density at radius 2 is 1.71 bits per heavy atom. The number of carbonyl (C=O) groups is 3. The summed E-state index contributed by atoms with van der Waals surface area (Å²) in [5, 5.41) is 5.71. The van der Waals surface area contributed by atoms with Gasteiger partial charge in [0.1, 0.15) is 11.8 Å². The molecule has 8 nitrogen and oxygen atoms in total. The van der Waals surface area contributed by atoms with E-state index in [4.69, 9.17) is 8.83 Å². The van der Waals surface area contributed by atoms with Crippen molar-refractivity contribution >= 4 is 17.7 Å². The van der Waals surface area contributed by atoms with Crippen molar-refractivity contribution in [3.05, 3.63) is 83.7 Å². The van der Waals surface area contributed by atoms with Crippen LogP contribution in [0.2, 0.25) is 0 Å². The molecule has 0 bridgehead atoms. The van der Waals surface area contributed by atoms with Gasteiger partial charge in [0.15, 0.2) is 5.76 Å². The van der Waals surface area contributed by atoms with Gasteiger partial charge in [0.05, 0.1) is 25.6 Å². The number of hydrogen-bond acceptors (Lipinski definition) is 5. The van der Waals surface area contributed by atoms with Crippen LogP contribution in [0, 0.1) is 6.92 Å². The zero-order chi connectivity index (χ0) is 23.9. The van der Waals surface area contributed by atoms with Gasteiger partial charge in [-0.1, -0.05) is 42.7 Å². The Morgan fingerprint density at radius 1 is 1.00 bits per heavy atom. The van der Waals surface area contributed by atoms with Crippen molar-refractivity contribution in [2.24, 2.45) is 0 Å². The van der Waals surface area contributed by atoms with Crippen molar-refractivity contribution in [2.45, 2.75) is 51.2 Å². The van der Waals surface area contributed by atoms with Gasteiger partial charge in [0, 0.05) is 6.04 Å². The fourth-order valence-electron chi connectivity index (χ4n) is 4.22. The van der Waals surface area contributed by atoms with Gasteiger partial charge in [-0.3, -0.25) is 14.4 Å². The molecule has 1 aliphatic carbocycles. The summed E-state index contributed by atoms with van der Waals surface area (Å²) in [6.07, 6.45) is 6.92. The predicted molar refractivity (Wildman–Crippen MR) is 125 cm³/mol. The maximum absolute atomic E-state index is 13.5. The Bertz CT molecular complexity index is 1080. The summed E-state index contributed by atoms with van der Waals surface area (Å²) in [6.45, 7) is 1.76. The number of nitrogens with zero attached hydrogens (tertiary/aromatic N) is 1. The molecule has 0 saturated heterocycles. The molecule has 1 aromatic carbocycles. The van der Waals surface area contributed by atoms with Crippen LogP contribution in [0.4, 0.5) is 0 Å². The number of carbonyl (C=O) groups excluding carboxylic acids is 3. The molecule has 0 unspecified atom stereocenters. The summed E-state index contributed by atoms with van der Waals surface area (Å²) < 4.78 is 10.6. The second-order valence-corrected chi connectivity index (χ2v) is 8.56. The van der Waals surface area contributed by atoms with Crippen LogP contribution in [0.5, 0.6) is 0 Å². The van der Waals surface area contributed by atoms with Gasteiger partial charge in [-0.25, -0.2) is 0 Å². The molecule has 0 aliphatic heterocycles. The first-order valence-corrected chi connectivity index (χ1v) is 11.5. The van der Waals surface area contributed by atoms with Crippen molar-refractivity contribution in [3.8, 4) is 0 Å². The van der Waals surface area contributed by atoms with Crippen LogP contribution in [0.3, 0.4) is 0 Å². The molecule has 2 aromatic heterocycles. The van der Waals surface area contributed by atoms with Gasteiger partial charge in [-0.2, -0.15) is 0 Å². The first-order chi connectivity index (χ1) is 16.5. The quantitative estimate of drug-likeness (QED) is 0.503. The van der Waals surface area contributed by atoms with E-state index in [0.717, 1.165) is 31.2 Å². The molecule has 34 heavy (non-hydrogen) atoms. The zero-order valence-electron chi connectivity index (χ0n) is 19.2. The number of hydrogen-bond donors (Lipinski definition) is 2. The van der Waals surface area contributed by atoms with E-state index in [1.807, 2.05) is 31.2 Å². The van der Waals surface area contributed by atoms with Crippen LogP contribution in [-0.2, 0) is 16.1 Å². The molecule has 2 N–H and O–H groups in total. The molecule has 1 saturated carbocycles. The largest absolute Gasteiger partial charge is 0.467 e. The molecule has 4 rings (SSSR count). The first-order valence-electron chi connectivity index (χ1n) is 11.5. The minimum absolute atomic E-state index is 0.0824. The Labute approximate surface area is 198 Å². The van der Waals surface area contributed by atoms with E-state index < -0.39 is 17.9 Å². The van der Waals surface area contributed by atoms with Crippen LogP contribution >= 0.6 is 0 Å². The van der Waals surface area contributed by atoms with Crippen LogP contribution in [-0.4, -0.2) is 35.2 Å². The van der Waals surface area contributed by atoms with Crippen LogP contribution < -0.4 is 10.6 Å². The third-order valence-electron chi connectivity index (χ3n) is 6.03. The summed E-state index contributed by atoms with van der Waals surface area (Å²) in [6, 6.07) is 13.4. The lowest BCUT2D eigenvalue weighted by Crippen LogP contribution is -2.48. The summed E-state index contributed by atoms with van der Waals surface area (Å²) in [7, 11) is 0. The molecule has 3 aromatic rings. The highest BCUT2D eigenvalue weighted by Gasteiger charge is 2.34. The monoisotopic (exact) mass is 463 g/mol. The maximum Gasteiger partial charge on any atom is 0.287 e. The molecule has 0 radical (unpaired) electrons. The lowest BCUT2D eigenvalue weighted by Gasteiger charge is -2.32. The topological polar surface area (TPSA) is 105 Å². The van der Waals surface area contributed by atoms with E-state index in [1.165, 1.54) is 23.5 Å². The molecule has 3 amide bonds. The number of rotatable bonds is 9. The number of nitrogens with one attached hydrogen (secondary N) is 2. The highest BCUT2D eigenvalue weighted by molar-refractivity contribution is 5.95. The van der Waals surface area contributed by atoms with Gasteiger partial charge >= 0.3 is 0 Å². The third-order valence-corrected chi connectivity index (χ3v) is 6.03. The number of amides is 3. The minimum Gasteiger partial charge on any atom is -0.467 e. The Kier molecular flexibility index (Phi) is 7.47. The van der Waals surface area contributed by atoms with Crippen LogP contribution in [0.1, 0.15) is 59.2 Å². The zero-order valence-corrected chi connectivity index (χ0v) is 19.2. The lowest BCUT2D eigenvalue weighted by molar-refractivity contribution is -0.141. The van der Waals surface area contributed by atoms with E-state index in [1.54, 1.807) is 18.2 Å². The highest BCUT2D eigenvalue weighted by atomic mass is 16.3. The number of aryl methyl sites for hydroxylation is 1. The van der Waals surface area contributed by atoms with Crippen molar-refractivity contribution in [1.82, 2.24) is 15.5 Å². The normalized spacial score (nSPS) is 14.5. The third kappa shape index (κ3) is 5.75. The van der Waals surface area contributed by atoms with E-state index in [2.05, 4.69) is 10.6 Å². The van der Waals surface area contributed by atoms with Gasteiger partial charge in [-0.05, 0) is 49.6 Å². The fraction of sp³-hybridized carbons (Fsp3) is 0.346. The summed E-state index contributed by atoms with van der Waals surface area (Å²) in [4.78, 5) is 40.7. The van der Waals surface area contributed by atoms with Gasteiger partial charge < -0.3 is 24.4 Å². The smallest absolute Gasteiger partial charge is 0.287 e. The molecule has 8 heteroatoms. The van der Waals surface area contributed by atoms with E-state index in [9.17, 15) is 14.4 Å². The average molecular weight is 464 g/mol. The maximum atomic E-state index is 13.5. The fourth-order valence-corrected chi connectivity index (χ4v) is 4.22. The number of furan rings is 2. The lowest BCUT2D eigenvalue weighted by atomic mass is 10.0. The van der Waals surface area contributed by atoms with Crippen molar-refractivity contribution in [1.29, 1.82) is 0 Å². The summed E-state index contributed by atoms with van der Waals surface area (Å²) >= 11 is 0. The SMILES string of the molecule is Cc1ccc([C@@H](C(=O)NC2CCCC2)N(Cc2ccco2)C(=O)CNC(=O)c2ccco2)cc1. The number of benzene rings is 1. The predicted octanol–water partition coefficient (Wildman–Crippen LogP) is 3.74. The summed E-state index contributed by atoms with van der Waals surface area (Å²) in [5.74, 6) is -0.508. The van der Waals surface area contributed by atoms with Gasteiger partial charge in [-0.15, -0.1) is 0 Å². The average Bonchev–Trinajstić information content (AvgIpc) is 3.62. The Hall–Kier alpha value is -3.81. The standard InChI is InChI=1S/C26H29N3O5/c1-18-10-12-19(13-11-18)24(26(32)28-20-6-2-3-7-20)29(17-21-8-4-14-33-21)23(30)16-27-25(31)22-9-5-15-34-22/h4-5,8-15,20,24H,2-3,6-7,16-17H2,1H3,(H,27,31)(H,28,32)/t24-/m0/s1. The molecule has 178 valence electrons.